The van der Waals surface area contributed by atoms with E-state index in [2.05, 4.69) is 5.32 Å². The molecule has 1 atom stereocenters. The number of nitrogens with one attached hydrogen (secondary N) is 1. The summed E-state index contributed by atoms with van der Waals surface area (Å²) >= 11 is 0. The van der Waals surface area contributed by atoms with Crippen LogP contribution in [0.3, 0.4) is 0 Å². The fourth-order valence-corrected chi connectivity index (χ4v) is 2.24. The summed E-state index contributed by atoms with van der Waals surface area (Å²) in [6.07, 6.45) is 7.08. The lowest BCUT2D eigenvalue weighted by Gasteiger charge is -2.14. The molecule has 3 heteroatoms. The van der Waals surface area contributed by atoms with Crippen LogP contribution in [0.5, 0.6) is 0 Å². The van der Waals surface area contributed by atoms with Gasteiger partial charge in [0.1, 0.15) is 0 Å². The van der Waals surface area contributed by atoms with Crippen molar-refractivity contribution < 1.29 is 4.79 Å². The first-order valence-electron chi connectivity index (χ1n) is 5.80. The summed E-state index contributed by atoms with van der Waals surface area (Å²) in [5.41, 5.74) is 5.91. The van der Waals surface area contributed by atoms with Crippen molar-refractivity contribution in [1.29, 1.82) is 0 Å². The van der Waals surface area contributed by atoms with Gasteiger partial charge < -0.3 is 11.1 Å². The van der Waals surface area contributed by atoms with Gasteiger partial charge in [0.05, 0.1) is 0 Å². The lowest BCUT2D eigenvalue weighted by Crippen LogP contribution is -2.40. The molecule has 3 N–H and O–H groups in total. The fraction of sp³-hybridized carbons (Fsp3) is 0.909. The maximum absolute atomic E-state index is 11.6. The van der Waals surface area contributed by atoms with Gasteiger partial charge in [-0.2, -0.15) is 0 Å². The Morgan fingerprint density at radius 3 is 2.50 bits per heavy atom. The zero-order valence-electron chi connectivity index (χ0n) is 8.67. The van der Waals surface area contributed by atoms with Crippen LogP contribution in [0.25, 0.3) is 0 Å². The third kappa shape index (κ3) is 2.47. The maximum atomic E-state index is 11.6. The third-order valence-corrected chi connectivity index (χ3v) is 3.47. The van der Waals surface area contributed by atoms with E-state index in [0.717, 1.165) is 12.8 Å². The van der Waals surface area contributed by atoms with Gasteiger partial charge in [0, 0.05) is 18.5 Å². The number of carbonyl (C=O) groups is 1. The summed E-state index contributed by atoms with van der Waals surface area (Å²) < 4.78 is 0. The van der Waals surface area contributed by atoms with Crippen molar-refractivity contribution in [1.82, 2.24) is 5.32 Å². The van der Waals surface area contributed by atoms with Crippen molar-refractivity contribution in [2.24, 2.45) is 17.6 Å². The molecule has 1 unspecified atom stereocenters. The summed E-state index contributed by atoms with van der Waals surface area (Å²) in [4.78, 5) is 11.6. The van der Waals surface area contributed by atoms with Gasteiger partial charge in [0.25, 0.3) is 0 Å². The van der Waals surface area contributed by atoms with Gasteiger partial charge >= 0.3 is 0 Å². The van der Waals surface area contributed by atoms with Crippen LogP contribution in [-0.2, 0) is 4.79 Å². The fourth-order valence-electron chi connectivity index (χ4n) is 2.24. The predicted octanol–water partition coefficient (Wildman–Crippen LogP) is 1.03. The number of nitrogens with two attached hydrogens (primary N) is 1. The van der Waals surface area contributed by atoms with E-state index in [4.69, 9.17) is 5.73 Å². The largest absolute Gasteiger partial charge is 0.354 e. The second-order valence-electron chi connectivity index (χ2n) is 4.73. The standard InChI is InChI=1S/C11H20N2O/c12-10(8-5-6-8)7-13-11(14)9-3-1-2-4-9/h8-10H,1-7,12H2,(H,13,14). The van der Waals surface area contributed by atoms with E-state index in [9.17, 15) is 4.79 Å². The third-order valence-electron chi connectivity index (χ3n) is 3.47. The molecule has 0 bridgehead atoms. The number of amides is 1. The highest BCUT2D eigenvalue weighted by molar-refractivity contribution is 5.78. The molecule has 80 valence electrons. The minimum atomic E-state index is 0.195. The van der Waals surface area contributed by atoms with Gasteiger partial charge in [-0.3, -0.25) is 4.79 Å². The summed E-state index contributed by atoms with van der Waals surface area (Å²) in [5.74, 6) is 1.19. The Hall–Kier alpha value is -0.570. The minimum absolute atomic E-state index is 0.195. The van der Waals surface area contributed by atoms with Crippen LogP contribution in [0.15, 0.2) is 0 Å². The predicted molar refractivity (Wildman–Crippen MR) is 55.7 cm³/mol. The van der Waals surface area contributed by atoms with E-state index >= 15 is 0 Å². The molecule has 14 heavy (non-hydrogen) atoms. The van der Waals surface area contributed by atoms with Crippen LogP contribution in [0.4, 0.5) is 0 Å². The zero-order chi connectivity index (χ0) is 9.97. The van der Waals surface area contributed by atoms with Crippen molar-refractivity contribution in [3.8, 4) is 0 Å². The van der Waals surface area contributed by atoms with Crippen LogP contribution < -0.4 is 11.1 Å². The molecule has 0 spiro atoms. The summed E-state index contributed by atoms with van der Waals surface area (Å²) in [7, 11) is 0. The molecule has 2 rings (SSSR count). The highest BCUT2D eigenvalue weighted by Gasteiger charge is 2.29. The molecule has 2 fully saturated rings. The SMILES string of the molecule is NC(CNC(=O)C1CCCC1)C1CC1. The average molecular weight is 196 g/mol. The molecule has 0 aromatic heterocycles. The van der Waals surface area contributed by atoms with Crippen LogP contribution in [-0.4, -0.2) is 18.5 Å². The lowest BCUT2D eigenvalue weighted by molar-refractivity contribution is -0.124. The molecule has 0 saturated heterocycles. The molecule has 2 aliphatic carbocycles. The topological polar surface area (TPSA) is 55.1 Å². The minimum Gasteiger partial charge on any atom is -0.354 e. The van der Waals surface area contributed by atoms with E-state index in [-0.39, 0.29) is 17.9 Å². The number of carbonyl (C=O) groups excluding carboxylic acids is 1. The summed E-state index contributed by atoms with van der Waals surface area (Å²) in [6.45, 7) is 0.681. The monoisotopic (exact) mass is 196 g/mol. The second-order valence-corrected chi connectivity index (χ2v) is 4.73. The molecule has 0 aromatic carbocycles. The molecule has 0 aromatic rings. The van der Waals surface area contributed by atoms with Gasteiger partial charge in [-0.15, -0.1) is 0 Å². The molecule has 0 aliphatic heterocycles. The number of rotatable bonds is 4. The molecule has 3 nitrogen and oxygen atoms in total. The van der Waals surface area contributed by atoms with Crippen molar-refractivity contribution in [3.63, 3.8) is 0 Å². The van der Waals surface area contributed by atoms with Crippen LogP contribution in [0, 0.1) is 11.8 Å². The molecule has 1 amide bonds. The van der Waals surface area contributed by atoms with Crippen molar-refractivity contribution >= 4 is 5.91 Å². The van der Waals surface area contributed by atoms with Crippen LogP contribution >= 0.6 is 0 Å². The van der Waals surface area contributed by atoms with Crippen molar-refractivity contribution in [2.45, 2.75) is 44.6 Å². The second kappa shape index (κ2) is 4.30. The Labute approximate surface area is 85.4 Å². The highest BCUT2D eigenvalue weighted by atomic mass is 16.1. The maximum Gasteiger partial charge on any atom is 0.223 e. The van der Waals surface area contributed by atoms with Gasteiger partial charge in [-0.25, -0.2) is 0 Å². The zero-order valence-corrected chi connectivity index (χ0v) is 8.67. The van der Waals surface area contributed by atoms with Crippen molar-refractivity contribution in [3.05, 3.63) is 0 Å². The van der Waals surface area contributed by atoms with Crippen LogP contribution in [0.2, 0.25) is 0 Å². The van der Waals surface area contributed by atoms with E-state index in [0.29, 0.717) is 12.5 Å². The van der Waals surface area contributed by atoms with E-state index < -0.39 is 0 Å². The molecular weight excluding hydrogens is 176 g/mol. The molecule has 2 saturated carbocycles. The first-order valence-corrected chi connectivity index (χ1v) is 5.80. The lowest BCUT2D eigenvalue weighted by atomic mass is 10.1. The normalized spacial score (nSPS) is 24.9. The van der Waals surface area contributed by atoms with Gasteiger partial charge in [-0.1, -0.05) is 12.8 Å². The molecule has 0 radical (unpaired) electrons. The van der Waals surface area contributed by atoms with Crippen molar-refractivity contribution in [2.75, 3.05) is 6.54 Å². The van der Waals surface area contributed by atoms with Gasteiger partial charge in [0.15, 0.2) is 0 Å². The Morgan fingerprint density at radius 2 is 1.93 bits per heavy atom. The molecule has 2 aliphatic rings. The Kier molecular flexibility index (Phi) is 3.06. The quantitative estimate of drug-likeness (QED) is 0.705. The number of hydrogen-bond donors (Lipinski definition) is 2. The van der Waals surface area contributed by atoms with Crippen LogP contribution in [0.1, 0.15) is 38.5 Å². The van der Waals surface area contributed by atoms with E-state index in [1.807, 2.05) is 0 Å². The van der Waals surface area contributed by atoms with E-state index in [1.54, 1.807) is 0 Å². The highest BCUT2D eigenvalue weighted by Crippen LogP contribution is 2.31. The van der Waals surface area contributed by atoms with Gasteiger partial charge in [-0.05, 0) is 31.6 Å². The smallest absolute Gasteiger partial charge is 0.223 e. The first kappa shape index (κ1) is 9.97. The molecular formula is C11H20N2O. The number of hydrogen-bond acceptors (Lipinski definition) is 2. The first-order chi connectivity index (χ1) is 6.77. The van der Waals surface area contributed by atoms with Gasteiger partial charge in [0.2, 0.25) is 5.91 Å². The average Bonchev–Trinajstić information content (AvgIpc) is 2.90. The Bertz CT molecular complexity index is 207. The Balaban J connectivity index is 1.66. The molecule has 0 heterocycles. The summed E-state index contributed by atoms with van der Waals surface area (Å²) in [5, 5.41) is 2.98. The Morgan fingerprint density at radius 1 is 1.29 bits per heavy atom. The van der Waals surface area contributed by atoms with E-state index in [1.165, 1.54) is 25.7 Å². The summed E-state index contributed by atoms with van der Waals surface area (Å²) in [6, 6.07) is 0.195.